The van der Waals surface area contributed by atoms with Crippen molar-refractivity contribution in [2.75, 3.05) is 7.11 Å². The van der Waals surface area contributed by atoms with E-state index in [9.17, 15) is 9.46 Å². The van der Waals surface area contributed by atoms with E-state index >= 15 is 0 Å². The van der Waals surface area contributed by atoms with E-state index < -0.39 is 7.60 Å². The maximum atomic E-state index is 11.7. The van der Waals surface area contributed by atoms with Crippen LogP contribution < -0.4 is 14.9 Å². The third kappa shape index (κ3) is 1.63. The zero-order chi connectivity index (χ0) is 11.9. The molecule has 0 aliphatic rings. The van der Waals surface area contributed by atoms with Crippen LogP contribution in [0.15, 0.2) is 12.4 Å². The van der Waals surface area contributed by atoms with Gasteiger partial charge in [0.25, 0.3) is 0 Å². The highest BCUT2D eigenvalue weighted by molar-refractivity contribution is 7.60. The molecule has 0 aliphatic heterocycles. The Kier molecular flexibility index (Phi) is 2.53. The molecule has 0 N–H and O–H groups in total. The lowest BCUT2D eigenvalue weighted by Crippen LogP contribution is -2.38. The fourth-order valence-corrected chi connectivity index (χ4v) is 2.56. The molecule has 0 aliphatic carbocycles. The van der Waals surface area contributed by atoms with E-state index in [0.717, 1.165) is 7.11 Å². The molecule has 86 valence electrons. The zero-order valence-corrected chi connectivity index (χ0v) is 10.0. The van der Waals surface area contributed by atoms with Gasteiger partial charge in [0.05, 0.1) is 6.20 Å². The topological polar surface area (TPSA) is 83.9 Å². The predicted molar refractivity (Wildman–Crippen MR) is 53.9 cm³/mol. The van der Waals surface area contributed by atoms with Gasteiger partial charge in [0, 0.05) is 19.3 Å². The van der Waals surface area contributed by atoms with E-state index in [1.807, 2.05) is 0 Å². The van der Waals surface area contributed by atoms with Crippen LogP contribution in [0.25, 0.3) is 11.0 Å². The van der Waals surface area contributed by atoms with Crippen LogP contribution in [-0.4, -0.2) is 22.0 Å². The van der Waals surface area contributed by atoms with Crippen LogP contribution in [0.5, 0.6) is 0 Å². The van der Waals surface area contributed by atoms with E-state index in [1.165, 1.54) is 21.8 Å². The van der Waals surface area contributed by atoms with Crippen LogP contribution in [0.3, 0.4) is 0 Å². The zero-order valence-electron chi connectivity index (χ0n) is 9.12. The smallest absolute Gasteiger partial charge is 0.210 e. The van der Waals surface area contributed by atoms with Gasteiger partial charge >= 0.3 is 0 Å². The summed E-state index contributed by atoms with van der Waals surface area (Å²) in [6.45, 7) is 0. The molecule has 2 heterocycles. The highest BCUT2D eigenvalue weighted by Crippen LogP contribution is 2.35. The quantitative estimate of drug-likeness (QED) is 0.478. The second-order valence-corrected chi connectivity index (χ2v) is 5.21. The van der Waals surface area contributed by atoms with E-state index in [2.05, 4.69) is 14.7 Å². The third-order valence-electron chi connectivity index (χ3n) is 2.27. The number of nitrogens with zero attached hydrogens (tertiary/aromatic N) is 4. The molecule has 2 rings (SSSR count). The third-order valence-corrected chi connectivity index (χ3v) is 3.67. The summed E-state index contributed by atoms with van der Waals surface area (Å²) >= 11 is 0. The van der Waals surface area contributed by atoms with Crippen molar-refractivity contribution in [2.24, 2.45) is 14.1 Å². The van der Waals surface area contributed by atoms with Gasteiger partial charge in [-0.15, -0.1) is 0 Å². The normalized spacial score (nSPS) is 15.2. The van der Waals surface area contributed by atoms with Gasteiger partial charge in [-0.3, -0.25) is 4.68 Å². The summed E-state index contributed by atoms with van der Waals surface area (Å²) in [7, 11) is 0.372. The Labute approximate surface area is 91.8 Å². The first kappa shape index (κ1) is 11.2. The van der Waals surface area contributed by atoms with E-state index in [4.69, 9.17) is 0 Å². The summed E-state index contributed by atoms with van der Waals surface area (Å²) in [5, 5.41) is 8.18. The van der Waals surface area contributed by atoms with Gasteiger partial charge in [-0.25, -0.2) is 0 Å². The Balaban J connectivity index is 2.86. The number of fused-ring (bicyclic) bond motifs is 1. The molecule has 1 unspecified atom stereocenters. The average molecular weight is 242 g/mol. The van der Waals surface area contributed by atoms with Crippen LogP contribution in [-0.2, 0) is 23.2 Å². The van der Waals surface area contributed by atoms with Crippen molar-refractivity contribution in [1.29, 1.82) is 0 Å². The van der Waals surface area contributed by atoms with E-state index in [1.54, 1.807) is 14.1 Å². The minimum atomic E-state index is -4.06. The Morgan fingerprint density at radius 1 is 1.62 bits per heavy atom. The summed E-state index contributed by atoms with van der Waals surface area (Å²) in [6, 6.07) is 0. The van der Waals surface area contributed by atoms with Gasteiger partial charge in [-0.05, 0) is 0 Å². The largest absolute Gasteiger partial charge is 0.775 e. The fraction of sp³-hybridized carbons (Fsp3) is 0.375. The highest BCUT2D eigenvalue weighted by atomic mass is 31.2. The molecule has 1 atom stereocenters. The molecule has 0 radical (unpaired) electrons. The molecule has 2 aromatic heterocycles. The number of hydrogen-bond acceptors (Lipinski definition) is 5. The van der Waals surface area contributed by atoms with Crippen molar-refractivity contribution < 1.29 is 18.7 Å². The molecule has 16 heavy (non-hydrogen) atoms. The molecule has 0 bridgehead atoms. The number of hydrogen-bond donors (Lipinski definition) is 0. The molecule has 2 aromatic rings. The van der Waals surface area contributed by atoms with Crippen molar-refractivity contribution in [3.63, 3.8) is 0 Å². The SMILES string of the molecule is COP(=O)([O-])c1c[n+](C)nc2cnn(C)c12. The van der Waals surface area contributed by atoms with Crippen molar-refractivity contribution in [3.05, 3.63) is 12.4 Å². The van der Waals surface area contributed by atoms with Crippen molar-refractivity contribution >= 4 is 23.9 Å². The van der Waals surface area contributed by atoms with Gasteiger partial charge in [0.15, 0.2) is 20.2 Å². The summed E-state index contributed by atoms with van der Waals surface area (Å²) < 4.78 is 19.1. The standard InChI is InChI=1S/C8H11N4O3P/c1-11-5-7(16(13,14)15-3)8-6(10-11)4-9-12(8)2/h4-5H,1-3H3. The van der Waals surface area contributed by atoms with Crippen LogP contribution in [0, 0.1) is 0 Å². The van der Waals surface area contributed by atoms with Gasteiger partial charge in [-0.2, -0.15) is 5.10 Å². The lowest BCUT2D eigenvalue weighted by atomic mass is 10.4. The van der Waals surface area contributed by atoms with Gasteiger partial charge in [-0.1, -0.05) is 4.68 Å². The summed E-state index contributed by atoms with van der Waals surface area (Å²) in [5.74, 6) is 0. The summed E-state index contributed by atoms with van der Waals surface area (Å²) in [6.07, 6.45) is 2.91. The molecule has 0 fully saturated rings. The molecule has 0 spiro atoms. The minimum absolute atomic E-state index is 0.0856. The molecule has 0 aromatic carbocycles. The summed E-state index contributed by atoms with van der Waals surface area (Å²) in [4.78, 5) is 11.7. The van der Waals surface area contributed by atoms with Crippen LogP contribution in [0.4, 0.5) is 0 Å². The first-order valence-electron chi connectivity index (χ1n) is 4.51. The number of rotatable bonds is 2. The summed E-state index contributed by atoms with van der Waals surface area (Å²) in [5.41, 5.74) is 0.953. The Morgan fingerprint density at radius 3 is 2.94 bits per heavy atom. The minimum Gasteiger partial charge on any atom is -0.775 e. The molecular formula is C8H11N4O3P. The first-order valence-corrected chi connectivity index (χ1v) is 6.06. The van der Waals surface area contributed by atoms with Gasteiger partial charge in [0.1, 0.15) is 10.8 Å². The Morgan fingerprint density at radius 2 is 2.31 bits per heavy atom. The molecule has 7 nitrogen and oxygen atoms in total. The van der Waals surface area contributed by atoms with E-state index in [-0.39, 0.29) is 5.30 Å². The molecule has 8 heteroatoms. The second kappa shape index (κ2) is 3.62. The Bertz CT molecular complexity index is 594. The lowest BCUT2D eigenvalue weighted by molar-refractivity contribution is -0.727. The van der Waals surface area contributed by atoms with Crippen molar-refractivity contribution in [1.82, 2.24) is 14.9 Å². The van der Waals surface area contributed by atoms with Crippen LogP contribution in [0.1, 0.15) is 0 Å². The van der Waals surface area contributed by atoms with Crippen molar-refractivity contribution in [3.8, 4) is 0 Å². The molecular weight excluding hydrogens is 231 g/mol. The fourth-order valence-electron chi connectivity index (χ4n) is 1.53. The molecule has 0 amide bonds. The second-order valence-electron chi connectivity index (χ2n) is 3.37. The average Bonchev–Trinajstić information content (AvgIpc) is 2.59. The number of aromatic nitrogens is 4. The highest BCUT2D eigenvalue weighted by Gasteiger charge is 2.22. The Hall–Kier alpha value is -1.30. The van der Waals surface area contributed by atoms with Gasteiger partial charge in [0.2, 0.25) is 6.20 Å². The lowest BCUT2D eigenvalue weighted by Gasteiger charge is -2.20. The molecule has 0 saturated heterocycles. The van der Waals surface area contributed by atoms with Gasteiger partial charge < -0.3 is 14.0 Å². The van der Waals surface area contributed by atoms with E-state index in [0.29, 0.717) is 11.0 Å². The first-order chi connectivity index (χ1) is 7.45. The predicted octanol–water partition coefficient (Wildman–Crippen LogP) is -1.38. The van der Waals surface area contributed by atoms with Crippen molar-refractivity contribution in [2.45, 2.75) is 0 Å². The monoisotopic (exact) mass is 242 g/mol. The van der Waals surface area contributed by atoms with Crippen LogP contribution in [0.2, 0.25) is 0 Å². The molecule has 0 saturated carbocycles. The maximum Gasteiger partial charge on any atom is 0.210 e. The van der Waals surface area contributed by atoms with Crippen LogP contribution >= 0.6 is 7.60 Å². The maximum absolute atomic E-state index is 11.7. The number of aryl methyl sites for hydroxylation is 2.